The van der Waals surface area contributed by atoms with Crippen LogP contribution in [-0.2, 0) is 23.2 Å². The standard InChI is InChI=1S/C16H13.C6H5.Zr/c1-12-10-14-8-5-9-15(16(14)11-12)13-6-3-2-4-7-13;1-2-4-6-5-3-1;/h2-11H,1H3;1-5H;. The molecule has 1 heteroatoms. The minimum absolute atomic E-state index is 0.666. The van der Waals surface area contributed by atoms with E-state index < -0.39 is 23.2 Å². The molecule has 1 atom stereocenters. The van der Waals surface area contributed by atoms with Crippen LogP contribution in [0.25, 0.3) is 17.2 Å². The molecule has 0 radical (unpaired) electrons. The number of rotatable bonds is 3. The molecule has 3 aromatic rings. The number of hydrogen-bond donors (Lipinski definition) is 0. The second-order valence-electron chi connectivity index (χ2n) is 6.01. The summed E-state index contributed by atoms with van der Waals surface area (Å²) in [6.45, 7) is 2.31. The van der Waals surface area contributed by atoms with Gasteiger partial charge in [0.25, 0.3) is 0 Å². The van der Waals surface area contributed by atoms with Crippen LogP contribution in [0.1, 0.15) is 21.7 Å². The van der Waals surface area contributed by atoms with Crippen molar-refractivity contribution in [2.24, 2.45) is 0 Å². The van der Waals surface area contributed by atoms with Crippen molar-refractivity contribution in [3.05, 3.63) is 95.6 Å². The molecule has 0 bridgehead atoms. The molecule has 0 saturated carbocycles. The Morgan fingerprint density at radius 2 is 1.43 bits per heavy atom. The molecule has 4 rings (SSSR count). The Labute approximate surface area is 149 Å². The van der Waals surface area contributed by atoms with E-state index in [4.69, 9.17) is 0 Å². The SMILES string of the molecule is CC1=Cc2c(-c3ccccc3)cccc2[CH]1[Zr][c]1ccccc1. The third-order valence-corrected chi connectivity index (χ3v) is 8.68. The van der Waals surface area contributed by atoms with E-state index in [-0.39, 0.29) is 0 Å². The Kier molecular flexibility index (Phi) is 4.14. The summed E-state index contributed by atoms with van der Waals surface area (Å²) in [5.74, 6) is 0. The maximum atomic E-state index is 2.42. The van der Waals surface area contributed by atoms with Crippen molar-refractivity contribution in [2.75, 3.05) is 0 Å². The molecule has 3 aromatic carbocycles. The zero-order chi connectivity index (χ0) is 15.6. The third kappa shape index (κ3) is 2.91. The minimum atomic E-state index is -0.676. The molecule has 0 aliphatic heterocycles. The normalized spacial score (nSPS) is 15.9. The van der Waals surface area contributed by atoms with Gasteiger partial charge in [-0.15, -0.1) is 0 Å². The van der Waals surface area contributed by atoms with Gasteiger partial charge in [0.1, 0.15) is 0 Å². The maximum absolute atomic E-state index is 2.42. The summed E-state index contributed by atoms with van der Waals surface area (Å²) >= 11 is -0.676. The van der Waals surface area contributed by atoms with Gasteiger partial charge in [0.05, 0.1) is 0 Å². The average molecular weight is 374 g/mol. The number of allylic oxidation sites excluding steroid dienone is 1. The molecule has 1 aliphatic rings. The zero-order valence-electron chi connectivity index (χ0n) is 13.2. The predicted molar refractivity (Wildman–Crippen MR) is 94.3 cm³/mol. The van der Waals surface area contributed by atoms with E-state index >= 15 is 0 Å². The van der Waals surface area contributed by atoms with Gasteiger partial charge in [-0.3, -0.25) is 0 Å². The topological polar surface area (TPSA) is 0 Å². The van der Waals surface area contributed by atoms with E-state index in [0.717, 1.165) is 0 Å². The molecular formula is C22H18Zr. The quantitative estimate of drug-likeness (QED) is 0.590. The van der Waals surface area contributed by atoms with Crippen LogP contribution in [0, 0.1) is 0 Å². The van der Waals surface area contributed by atoms with E-state index in [0.29, 0.717) is 3.63 Å². The Morgan fingerprint density at radius 1 is 0.739 bits per heavy atom. The number of benzene rings is 3. The van der Waals surface area contributed by atoms with Crippen LogP contribution in [0.4, 0.5) is 0 Å². The second kappa shape index (κ2) is 6.42. The van der Waals surface area contributed by atoms with Gasteiger partial charge in [-0.2, -0.15) is 0 Å². The summed E-state index contributed by atoms with van der Waals surface area (Å²) < 4.78 is 2.24. The van der Waals surface area contributed by atoms with Crippen LogP contribution in [-0.4, -0.2) is 0 Å². The molecule has 0 spiro atoms. The Bertz CT molecular complexity index is 848. The Morgan fingerprint density at radius 3 is 2.17 bits per heavy atom. The summed E-state index contributed by atoms with van der Waals surface area (Å²) in [6, 6.07) is 28.6. The van der Waals surface area contributed by atoms with Gasteiger partial charge in [-0.25, -0.2) is 0 Å². The van der Waals surface area contributed by atoms with E-state index in [1.165, 1.54) is 16.7 Å². The molecule has 1 unspecified atom stereocenters. The summed E-state index contributed by atoms with van der Waals surface area (Å²) in [6.07, 6.45) is 2.42. The van der Waals surface area contributed by atoms with Gasteiger partial charge in [0.2, 0.25) is 0 Å². The first kappa shape index (κ1) is 14.8. The predicted octanol–water partition coefficient (Wildman–Crippen LogP) is 5.22. The van der Waals surface area contributed by atoms with Gasteiger partial charge in [0.15, 0.2) is 0 Å². The van der Waals surface area contributed by atoms with Crippen LogP contribution >= 0.6 is 0 Å². The van der Waals surface area contributed by atoms with Crippen LogP contribution in [0.15, 0.2) is 84.4 Å². The first-order valence-corrected chi connectivity index (χ1v) is 10.7. The fraction of sp³-hybridized carbons (Fsp3) is 0.0909. The average Bonchev–Trinajstić information content (AvgIpc) is 2.92. The van der Waals surface area contributed by atoms with E-state index in [2.05, 4.69) is 91.9 Å². The van der Waals surface area contributed by atoms with Crippen LogP contribution in [0.3, 0.4) is 0 Å². The first-order chi connectivity index (χ1) is 11.3. The van der Waals surface area contributed by atoms with Crippen molar-refractivity contribution in [1.29, 1.82) is 0 Å². The molecule has 0 N–H and O–H groups in total. The van der Waals surface area contributed by atoms with Gasteiger partial charge in [-0.05, 0) is 0 Å². The fourth-order valence-corrected chi connectivity index (χ4v) is 6.85. The molecule has 1 aliphatic carbocycles. The van der Waals surface area contributed by atoms with Gasteiger partial charge >= 0.3 is 150 Å². The van der Waals surface area contributed by atoms with Crippen LogP contribution < -0.4 is 3.27 Å². The summed E-state index contributed by atoms with van der Waals surface area (Å²) in [5.41, 5.74) is 7.22. The monoisotopic (exact) mass is 372 g/mol. The van der Waals surface area contributed by atoms with Crippen molar-refractivity contribution < 1.29 is 23.2 Å². The van der Waals surface area contributed by atoms with Crippen LogP contribution in [0.5, 0.6) is 0 Å². The first-order valence-electron chi connectivity index (χ1n) is 8.01. The van der Waals surface area contributed by atoms with Gasteiger partial charge in [0, 0.05) is 0 Å². The van der Waals surface area contributed by atoms with E-state index in [1.807, 2.05) is 0 Å². The fourth-order valence-electron chi connectivity index (χ4n) is 3.31. The molecular weight excluding hydrogens is 355 g/mol. The summed E-state index contributed by atoms with van der Waals surface area (Å²) in [5, 5.41) is 0. The van der Waals surface area contributed by atoms with Gasteiger partial charge < -0.3 is 0 Å². The van der Waals surface area contributed by atoms with Crippen LogP contribution in [0.2, 0.25) is 0 Å². The Hall–Kier alpha value is -1.72. The summed E-state index contributed by atoms with van der Waals surface area (Å²) in [7, 11) is 0. The molecule has 0 amide bonds. The third-order valence-electron chi connectivity index (χ3n) is 4.45. The molecule has 0 saturated heterocycles. The van der Waals surface area contributed by atoms with E-state index in [9.17, 15) is 0 Å². The molecule has 0 fully saturated rings. The van der Waals surface area contributed by atoms with E-state index in [1.54, 1.807) is 14.4 Å². The van der Waals surface area contributed by atoms with Crippen molar-refractivity contribution in [3.8, 4) is 11.1 Å². The molecule has 0 heterocycles. The van der Waals surface area contributed by atoms with Crippen molar-refractivity contribution in [2.45, 2.75) is 10.5 Å². The molecule has 0 nitrogen and oxygen atoms in total. The Balaban J connectivity index is 1.76. The second-order valence-corrected chi connectivity index (χ2v) is 9.55. The molecule has 110 valence electrons. The zero-order valence-corrected chi connectivity index (χ0v) is 15.6. The van der Waals surface area contributed by atoms with Crippen molar-refractivity contribution in [3.63, 3.8) is 0 Å². The summed E-state index contributed by atoms with van der Waals surface area (Å²) in [4.78, 5) is 0. The molecule has 23 heavy (non-hydrogen) atoms. The van der Waals surface area contributed by atoms with Crippen molar-refractivity contribution >= 4 is 9.35 Å². The molecule has 0 aromatic heterocycles. The number of fused-ring (bicyclic) bond motifs is 1. The van der Waals surface area contributed by atoms with Gasteiger partial charge in [-0.1, -0.05) is 0 Å². The van der Waals surface area contributed by atoms with Crippen molar-refractivity contribution in [1.82, 2.24) is 0 Å². The number of hydrogen-bond acceptors (Lipinski definition) is 0.